The molecule has 1 aromatic heterocycles. The smallest absolute Gasteiger partial charge is 0.339 e. The molecule has 0 radical (unpaired) electrons. The van der Waals surface area contributed by atoms with Crippen LogP contribution in [-0.2, 0) is 12.8 Å². The van der Waals surface area contributed by atoms with Gasteiger partial charge in [0.05, 0.1) is 17.3 Å². The van der Waals surface area contributed by atoms with E-state index in [-0.39, 0.29) is 11.6 Å². The molecular formula is C26H28BrN3O2. The molecule has 166 valence electrons. The summed E-state index contributed by atoms with van der Waals surface area (Å²) in [6, 6.07) is 18.7. The van der Waals surface area contributed by atoms with Gasteiger partial charge in [0, 0.05) is 17.2 Å². The summed E-state index contributed by atoms with van der Waals surface area (Å²) in [5.74, 6) is -0.336. The number of rotatable bonds is 7. The first-order valence-corrected chi connectivity index (χ1v) is 12.1. The molecule has 4 rings (SSSR count). The van der Waals surface area contributed by atoms with Crippen LogP contribution in [0.4, 0.5) is 5.95 Å². The van der Waals surface area contributed by atoms with Crippen molar-refractivity contribution < 1.29 is 9.90 Å². The fourth-order valence-electron chi connectivity index (χ4n) is 4.44. The Labute approximate surface area is 197 Å². The first-order chi connectivity index (χ1) is 15.6. The normalized spacial score (nSPS) is 16.5. The van der Waals surface area contributed by atoms with Crippen molar-refractivity contribution in [3.8, 4) is 0 Å². The van der Waals surface area contributed by atoms with Gasteiger partial charge in [-0.1, -0.05) is 77.3 Å². The number of anilines is 1. The molecule has 1 unspecified atom stereocenters. The summed E-state index contributed by atoms with van der Waals surface area (Å²) in [6.45, 7) is 0.863. The molecule has 0 aliphatic carbocycles. The van der Waals surface area contributed by atoms with Crippen molar-refractivity contribution in [2.24, 2.45) is 0 Å². The van der Waals surface area contributed by atoms with Gasteiger partial charge < -0.3 is 10.0 Å². The van der Waals surface area contributed by atoms with Crippen molar-refractivity contribution in [2.45, 2.75) is 51.0 Å². The van der Waals surface area contributed by atoms with Crippen LogP contribution in [0.5, 0.6) is 0 Å². The number of halogens is 1. The van der Waals surface area contributed by atoms with E-state index >= 15 is 0 Å². The Balaban J connectivity index is 1.61. The lowest BCUT2D eigenvalue weighted by Crippen LogP contribution is -2.31. The zero-order chi connectivity index (χ0) is 22.3. The maximum Gasteiger partial charge on any atom is 0.339 e. The van der Waals surface area contributed by atoms with Gasteiger partial charge in [0.15, 0.2) is 0 Å². The largest absolute Gasteiger partial charge is 0.478 e. The predicted octanol–water partition coefficient (Wildman–Crippen LogP) is 6.23. The molecule has 1 aliphatic heterocycles. The Morgan fingerprint density at radius 3 is 2.59 bits per heavy atom. The highest BCUT2D eigenvalue weighted by Gasteiger charge is 2.27. The van der Waals surface area contributed by atoms with Gasteiger partial charge in [-0.3, -0.25) is 0 Å². The maximum atomic E-state index is 11.8. The van der Waals surface area contributed by atoms with Crippen molar-refractivity contribution >= 4 is 27.8 Å². The van der Waals surface area contributed by atoms with E-state index in [1.165, 1.54) is 23.7 Å². The molecule has 6 heteroatoms. The molecule has 1 fully saturated rings. The van der Waals surface area contributed by atoms with Gasteiger partial charge in [-0.05, 0) is 49.3 Å². The van der Waals surface area contributed by atoms with Gasteiger partial charge in [-0.2, -0.15) is 0 Å². The van der Waals surface area contributed by atoms with Crippen LogP contribution in [0, 0.1) is 0 Å². The average molecular weight is 494 g/mol. The molecule has 1 N–H and O–H groups in total. The molecule has 0 bridgehead atoms. The van der Waals surface area contributed by atoms with E-state index in [4.69, 9.17) is 4.98 Å². The Hall–Kier alpha value is -2.73. The van der Waals surface area contributed by atoms with Crippen LogP contribution >= 0.6 is 15.9 Å². The molecule has 0 spiro atoms. The summed E-state index contributed by atoms with van der Waals surface area (Å²) in [5.41, 5.74) is 3.30. The number of hydrogen-bond acceptors (Lipinski definition) is 4. The number of nitrogens with zero attached hydrogens (tertiary/aromatic N) is 3. The fraction of sp³-hybridized carbons (Fsp3) is 0.346. The van der Waals surface area contributed by atoms with Gasteiger partial charge in [-0.25, -0.2) is 14.8 Å². The van der Waals surface area contributed by atoms with E-state index in [0.29, 0.717) is 18.1 Å². The highest BCUT2D eigenvalue weighted by Crippen LogP contribution is 2.36. The minimum atomic E-state index is -0.968. The maximum absolute atomic E-state index is 11.8. The Morgan fingerprint density at radius 2 is 1.81 bits per heavy atom. The monoisotopic (exact) mass is 493 g/mol. The second kappa shape index (κ2) is 10.7. The molecule has 1 saturated heterocycles. The fourth-order valence-corrected chi connectivity index (χ4v) is 4.98. The van der Waals surface area contributed by atoms with E-state index in [0.717, 1.165) is 43.1 Å². The second-order valence-electron chi connectivity index (χ2n) is 8.25. The minimum absolute atomic E-state index is 0.168. The number of carboxylic acid groups (broad SMARTS) is 1. The highest BCUT2D eigenvalue weighted by atomic mass is 79.9. The summed E-state index contributed by atoms with van der Waals surface area (Å²) < 4.78 is 1.09. The van der Waals surface area contributed by atoms with E-state index in [9.17, 15) is 9.90 Å². The molecule has 5 nitrogen and oxygen atoms in total. The lowest BCUT2D eigenvalue weighted by atomic mass is 10.0. The van der Waals surface area contributed by atoms with Crippen LogP contribution in [0.3, 0.4) is 0 Å². The number of benzene rings is 2. The number of carbonyl (C=O) groups is 1. The molecule has 3 aromatic rings. The van der Waals surface area contributed by atoms with Crippen molar-refractivity contribution in [1.29, 1.82) is 0 Å². The Morgan fingerprint density at radius 1 is 1.03 bits per heavy atom. The number of aryl methyl sites for hydroxylation is 2. The third kappa shape index (κ3) is 5.36. The Kier molecular flexibility index (Phi) is 7.53. The van der Waals surface area contributed by atoms with Crippen LogP contribution in [0.2, 0.25) is 0 Å². The number of hydrogen-bond donors (Lipinski definition) is 1. The minimum Gasteiger partial charge on any atom is -0.478 e. The lowest BCUT2D eigenvalue weighted by Gasteiger charge is -2.31. The van der Waals surface area contributed by atoms with Crippen LogP contribution in [-0.4, -0.2) is 27.6 Å². The van der Waals surface area contributed by atoms with Crippen molar-refractivity contribution in [3.05, 3.63) is 87.7 Å². The van der Waals surface area contributed by atoms with Crippen LogP contribution < -0.4 is 4.90 Å². The van der Waals surface area contributed by atoms with Gasteiger partial charge in [0.2, 0.25) is 5.95 Å². The zero-order valence-electron chi connectivity index (χ0n) is 18.1. The topological polar surface area (TPSA) is 66.3 Å². The van der Waals surface area contributed by atoms with E-state index in [1.807, 2.05) is 24.3 Å². The van der Waals surface area contributed by atoms with Gasteiger partial charge in [0.25, 0.3) is 0 Å². The van der Waals surface area contributed by atoms with Gasteiger partial charge >= 0.3 is 5.97 Å². The zero-order valence-corrected chi connectivity index (χ0v) is 19.7. The molecule has 1 aliphatic rings. The summed E-state index contributed by atoms with van der Waals surface area (Å²) in [7, 11) is 0. The van der Waals surface area contributed by atoms with Crippen molar-refractivity contribution in [2.75, 3.05) is 11.4 Å². The third-order valence-corrected chi connectivity index (χ3v) is 6.80. The summed E-state index contributed by atoms with van der Waals surface area (Å²) in [5, 5.41) is 9.69. The summed E-state index contributed by atoms with van der Waals surface area (Å²) >= 11 is 3.71. The molecule has 2 aromatic carbocycles. The van der Waals surface area contributed by atoms with E-state index in [1.54, 1.807) is 0 Å². The van der Waals surface area contributed by atoms with Gasteiger partial charge in [0.1, 0.15) is 0 Å². The quantitative estimate of drug-likeness (QED) is 0.422. The highest BCUT2D eigenvalue weighted by molar-refractivity contribution is 9.10. The van der Waals surface area contributed by atoms with E-state index < -0.39 is 5.97 Å². The van der Waals surface area contributed by atoms with Crippen LogP contribution in [0.15, 0.2) is 65.3 Å². The molecule has 0 saturated carbocycles. The predicted molar refractivity (Wildman–Crippen MR) is 130 cm³/mol. The van der Waals surface area contributed by atoms with Crippen molar-refractivity contribution in [3.63, 3.8) is 0 Å². The lowest BCUT2D eigenvalue weighted by molar-refractivity contribution is 0.0694. The van der Waals surface area contributed by atoms with Crippen LogP contribution in [0.1, 0.15) is 65.3 Å². The van der Waals surface area contributed by atoms with Crippen molar-refractivity contribution in [1.82, 2.24) is 9.97 Å². The number of aromatic carboxylic acids is 1. The standard InChI is InChI=1S/C26H28BrN3O2/c27-22-14-7-6-13-20(22)24-16-5-2-8-17-30(24)26-28-18-21(25(31)32)23(29-26)15-9-12-19-10-3-1-4-11-19/h1,3-4,6-7,10-11,13-14,18,24H,2,5,8-9,12,15-17H2,(H,31,32). The number of carboxylic acids is 1. The third-order valence-electron chi connectivity index (χ3n) is 6.08. The number of aromatic nitrogens is 2. The molecule has 0 amide bonds. The summed E-state index contributed by atoms with van der Waals surface area (Å²) in [4.78, 5) is 23.4. The first-order valence-electron chi connectivity index (χ1n) is 11.3. The SMILES string of the molecule is O=C(O)c1cnc(N2CCCCCC2c2ccccc2Br)nc1CCCc1ccccc1. The molecule has 1 atom stereocenters. The molecule has 2 heterocycles. The van der Waals surface area contributed by atoms with Gasteiger partial charge in [-0.15, -0.1) is 0 Å². The molecular weight excluding hydrogens is 466 g/mol. The Bertz CT molecular complexity index is 1060. The summed E-state index contributed by atoms with van der Waals surface area (Å²) in [6.07, 6.45) is 8.26. The molecule has 32 heavy (non-hydrogen) atoms. The average Bonchev–Trinajstić information content (AvgIpc) is 3.06. The second-order valence-corrected chi connectivity index (χ2v) is 9.11. The first kappa shape index (κ1) is 22.5. The van der Waals surface area contributed by atoms with Crippen LogP contribution in [0.25, 0.3) is 0 Å². The van der Waals surface area contributed by atoms with E-state index in [2.05, 4.69) is 56.1 Å².